The summed E-state index contributed by atoms with van der Waals surface area (Å²) in [5.41, 5.74) is -12.3. The summed E-state index contributed by atoms with van der Waals surface area (Å²) in [6, 6.07) is 4.80. The summed E-state index contributed by atoms with van der Waals surface area (Å²) >= 11 is 12.2. The van der Waals surface area contributed by atoms with Crippen molar-refractivity contribution in [2.24, 2.45) is 0 Å². The Morgan fingerprint density at radius 1 is 0.852 bits per heavy atom. The van der Waals surface area contributed by atoms with Gasteiger partial charge in [0.05, 0.1) is 27.9 Å². The minimum Gasteiger partial charge on any atom is -0.459 e. The van der Waals surface area contributed by atoms with Gasteiger partial charge in [0, 0.05) is 29.5 Å². The van der Waals surface area contributed by atoms with Crippen molar-refractivity contribution >= 4 is 47.2 Å². The van der Waals surface area contributed by atoms with Gasteiger partial charge in [-0.3, -0.25) is 9.69 Å². The molecular weight excluding hydrogens is 893 g/mol. The molecular formula is C36H28Cl2F10N4O9. The summed E-state index contributed by atoms with van der Waals surface area (Å²) in [4.78, 5) is 50.5. The number of ether oxygens (including phenoxy) is 5. The summed E-state index contributed by atoms with van der Waals surface area (Å²) in [5, 5.41) is 12.1. The largest absolute Gasteiger partial charge is 0.573 e. The van der Waals surface area contributed by atoms with Gasteiger partial charge in [-0.15, -0.1) is 13.2 Å². The lowest BCUT2D eigenvalue weighted by Gasteiger charge is -2.31. The van der Waals surface area contributed by atoms with Crippen molar-refractivity contribution in [3.05, 3.63) is 76.0 Å². The van der Waals surface area contributed by atoms with Crippen LogP contribution in [0.15, 0.2) is 54.9 Å². The second-order valence-electron chi connectivity index (χ2n) is 13.7. The molecule has 1 aliphatic rings. The number of carbonyl (C=O) groups excluding carboxylic acids is 4. The van der Waals surface area contributed by atoms with Crippen LogP contribution in [-0.2, 0) is 34.2 Å². The summed E-state index contributed by atoms with van der Waals surface area (Å²) in [7, 11) is 0. The van der Waals surface area contributed by atoms with Crippen molar-refractivity contribution in [3.63, 3.8) is 0 Å². The molecule has 2 aromatic carbocycles. The molecule has 0 unspecified atom stereocenters. The Labute approximate surface area is 347 Å². The van der Waals surface area contributed by atoms with Crippen LogP contribution in [0.25, 0.3) is 16.8 Å². The van der Waals surface area contributed by atoms with Crippen molar-refractivity contribution in [1.82, 2.24) is 14.7 Å². The third-order valence-electron chi connectivity index (χ3n) is 8.09. The summed E-state index contributed by atoms with van der Waals surface area (Å²) in [6.07, 6.45) is -16.9. The highest BCUT2D eigenvalue weighted by Crippen LogP contribution is 2.55. The number of hydrogen-bond donors (Lipinski definition) is 0. The van der Waals surface area contributed by atoms with E-state index in [-0.39, 0.29) is 40.6 Å². The van der Waals surface area contributed by atoms with Crippen LogP contribution >= 0.6 is 23.2 Å². The molecule has 3 aromatic rings. The van der Waals surface area contributed by atoms with E-state index in [9.17, 15) is 68.3 Å². The van der Waals surface area contributed by atoms with Crippen LogP contribution in [0.5, 0.6) is 5.75 Å². The molecule has 4 rings (SSSR count). The van der Waals surface area contributed by atoms with E-state index in [0.29, 0.717) is 4.68 Å². The van der Waals surface area contributed by atoms with Crippen LogP contribution < -0.4 is 4.74 Å². The van der Waals surface area contributed by atoms with Crippen LogP contribution in [0.1, 0.15) is 49.5 Å². The highest BCUT2D eigenvalue weighted by molar-refractivity contribution is 6.34. The van der Waals surface area contributed by atoms with E-state index in [1.165, 1.54) is 12.1 Å². The fraction of sp³-hybridized carbons (Fsp3) is 0.389. The smallest absolute Gasteiger partial charge is 0.459 e. The van der Waals surface area contributed by atoms with Crippen LogP contribution in [-0.4, -0.2) is 88.5 Å². The maximum absolute atomic E-state index is 14.8. The number of benzene rings is 2. The second kappa shape index (κ2) is 17.7. The standard InChI is InChI=1S/C36H28Cl2F10N4O9/c1-31(2,3)61-27(54)7-6-26(53)57-10-11-58-30(56)59-18-51(32(17-49)8-9-32)29(55)22-12-19(4-5-23(22)37)20-15-50-52(16-20)28-24(38)13-21(14-25(28)60-36(46,47)48)33(39,34(40,41)42)35(43,44)45/h4-7,12-16H,8-11,18H2,1-3H3/b7-6+. The van der Waals surface area contributed by atoms with Gasteiger partial charge >= 0.3 is 42.5 Å². The predicted molar refractivity (Wildman–Crippen MR) is 188 cm³/mol. The van der Waals surface area contributed by atoms with E-state index in [4.69, 9.17) is 42.1 Å². The van der Waals surface area contributed by atoms with Gasteiger partial charge in [-0.2, -0.15) is 36.7 Å². The Balaban J connectivity index is 1.55. The van der Waals surface area contributed by atoms with E-state index in [1.54, 1.807) is 20.8 Å². The number of nitriles is 1. The van der Waals surface area contributed by atoms with Gasteiger partial charge < -0.3 is 23.7 Å². The molecule has 0 radical (unpaired) electrons. The number of alkyl halides is 10. The molecule has 330 valence electrons. The Kier molecular flexibility index (Phi) is 13.9. The van der Waals surface area contributed by atoms with Crippen molar-refractivity contribution < 1.29 is 86.8 Å². The van der Waals surface area contributed by atoms with Crippen molar-refractivity contribution in [3.8, 4) is 28.6 Å². The minimum atomic E-state index is -6.71. The Morgan fingerprint density at radius 2 is 1.46 bits per heavy atom. The van der Waals surface area contributed by atoms with Gasteiger partial charge in [0.25, 0.3) is 5.91 Å². The quantitative estimate of drug-likeness (QED) is 0.0402. The lowest BCUT2D eigenvalue weighted by atomic mass is 9.93. The van der Waals surface area contributed by atoms with E-state index in [1.807, 2.05) is 6.07 Å². The zero-order valence-electron chi connectivity index (χ0n) is 31.2. The van der Waals surface area contributed by atoms with Crippen LogP contribution in [0, 0.1) is 11.3 Å². The van der Waals surface area contributed by atoms with E-state index in [2.05, 4.69) is 9.84 Å². The molecule has 61 heavy (non-hydrogen) atoms. The SMILES string of the molecule is CC(C)(C)OC(=O)/C=C/C(=O)OCCOC(=O)OCN(C(=O)c1cc(-c2cnn(-c3c(Cl)cc(C(F)(C(F)(F)F)C(F)(F)F)cc3OC(F)(F)F)c2)ccc1Cl)C1(C#N)CC1. The number of esters is 2. The zero-order chi connectivity index (χ0) is 45.9. The van der Waals surface area contributed by atoms with Crippen molar-refractivity contribution in [1.29, 1.82) is 5.26 Å². The summed E-state index contributed by atoms with van der Waals surface area (Å²) in [6.45, 7) is 2.93. The molecule has 0 spiro atoms. The average molecular weight is 922 g/mol. The van der Waals surface area contributed by atoms with Crippen molar-refractivity contribution in [2.75, 3.05) is 19.9 Å². The number of rotatable bonds is 13. The number of amides is 1. The molecule has 1 amide bonds. The maximum atomic E-state index is 14.8. The molecule has 0 bridgehead atoms. The molecule has 1 saturated carbocycles. The first-order chi connectivity index (χ1) is 28.0. The minimum absolute atomic E-state index is 0.0134. The second-order valence-corrected chi connectivity index (χ2v) is 14.5. The number of halogens is 12. The number of aromatic nitrogens is 2. The van der Waals surface area contributed by atoms with Gasteiger partial charge in [-0.1, -0.05) is 29.3 Å². The lowest BCUT2D eigenvalue weighted by Crippen LogP contribution is -2.50. The molecule has 1 fully saturated rings. The summed E-state index contributed by atoms with van der Waals surface area (Å²) in [5.74, 6) is -4.58. The fourth-order valence-electron chi connectivity index (χ4n) is 5.18. The molecule has 0 atom stereocenters. The van der Waals surface area contributed by atoms with Gasteiger partial charge in [-0.25, -0.2) is 23.5 Å². The predicted octanol–water partition coefficient (Wildman–Crippen LogP) is 9.08. The monoisotopic (exact) mass is 920 g/mol. The Morgan fingerprint density at radius 3 is 2.02 bits per heavy atom. The first kappa shape index (κ1) is 47.9. The number of hydrogen-bond acceptors (Lipinski definition) is 11. The molecule has 25 heteroatoms. The highest BCUT2D eigenvalue weighted by atomic mass is 35.5. The Hall–Kier alpha value is -5.76. The molecule has 1 aromatic heterocycles. The molecule has 13 nitrogen and oxygen atoms in total. The zero-order valence-corrected chi connectivity index (χ0v) is 32.7. The molecule has 0 aliphatic heterocycles. The number of nitrogens with zero attached hydrogens (tertiary/aromatic N) is 4. The highest BCUT2D eigenvalue weighted by Gasteiger charge is 2.73. The van der Waals surface area contributed by atoms with Crippen molar-refractivity contribution in [2.45, 2.75) is 69.1 Å². The lowest BCUT2D eigenvalue weighted by molar-refractivity contribution is -0.348. The molecule has 1 heterocycles. The van der Waals surface area contributed by atoms with E-state index in [0.717, 1.165) is 35.5 Å². The van der Waals surface area contributed by atoms with Gasteiger partial charge in [0.1, 0.15) is 30.0 Å². The van der Waals surface area contributed by atoms with Gasteiger partial charge in [-0.05, 0) is 63.4 Å². The first-order valence-electron chi connectivity index (χ1n) is 16.9. The summed E-state index contributed by atoms with van der Waals surface area (Å²) < 4.78 is 159. The maximum Gasteiger partial charge on any atom is 0.573 e. The molecule has 0 saturated heterocycles. The number of carbonyl (C=O) groups is 4. The third kappa shape index (κ3) is 11.5. The normalized spacial score (nSPS) is 14.2. The van der Waals surface area contributed by atoms with E-state index >= 15 is 0 Å². The van der Waals surface area contributed by atoms with Crippen LogP contribution in [0.2, 0.25) is 10.0 Å². The topological polar surface area (TPSA) is 159 Å². The van der Waals surface area contributed by atoms with Gasteiger partial charge in [0.15, 0.2) is 12.5 Å². The first-order valence-corrected chi connectivity index (χ1v) is 17.7. The third-order valence-corrected chi connectivity index (χ3v) is 8.71. The van der Waals surface area contributed by atoms with Crippen LogP contribution in [0.4, 0.5) is 48.7 Å². The van der Waals surface area contributed by atoms with E-state index < -0.39 is 108 Å². The fourth-order valence-corrected chi connectivity index (χ4v) is 5.67. The van der Waals surface area contributed by atoms with Gasteiger partial charge in [0.2, 0.25) is 0 Å². The average Bonchev–Trinajstić information content (AvgIpc) is 3.77. The molecule has 1 aliphatic carbocycles. The van der Waals surface area contributed by atoms with Crippen LogP contribution in [0.3, 0.4) is 0 Å². The molecule has 0 N–H and O–H groups in total. The Bertz CT molecular complexity index is 2230.